The molecule has 4 nitrogen and oxygen atoms in total. The van der Waals surface area contributed by atoms with Crippen LogP contribution in [-0.2, 0) is 9.47 Å². The number of amides is 1. The molecule has 0 heterocycles. The molecule has 12 heavy (non-hydrogen) atoms. The Bertz CT molecular complexity index is 177. The van der Waals surface area contributed by atoms with Gasteiger partial charge in [-0.05, 0) is 13.3 Å². The van der Waals surface area contributed by atoms with E-state index >= 15 is 0 Å². The number of rotatable bonds is 2. The molecule has 0 radical (unpaired) electrons. The summed E-state index contributed by atoms with van der Waals surface area (Å²) < 4.78 is 9.55. The van der Waals surface area contributed by atoms with Crippen LogP contribution in [0.1, 0.15) is 27.2 Å². The first kappa shape index (κ1) is 10.9. The van der Waals surface area contributed by atoms with E-state index in [0.717, 1.165) is 6.42 Å². The smallest absolute Gasteiger partial charge is 0.436 e. The molecule has 70 valence electrons. The maximum atomic E-state index is 10.9. The maximum Gasteiger partial charge on any atom is 0.436 e. The molecule has 0 spiro atoms. The summed E-state index contributed by atoms with van der Waals surface area (Å²) in [5, 5.41) is 0. The van der Waals surface area contributed by atoms with Gasteiger partial charge in [0.2, 0.25) is 0 Å². The van der Waals surface area contributed by atoms with Crippen LogP contribution in [0.25, 0.3) is 0 Å². The molecule has 0 aromatic carbocycles. The third-order valence-corrected chi connectivity index (χ3v) is 1.42. The van der Waals surface area contributed by atoms with Gasteiger partial charge in [-0.15, -0.1) is 4.99 Å². The fourth-order valence-corrected chi connectivity index (χ4v) is 0.456. The van der Waals surface area contributed by atoms with E-state index in [9.17, 15) is 4.79 Å². The van der Waals surface area contributed by atoms with Crippen LogP contribution in [0, 0.1) is 0 Å². The highest BCUT2D eigenvalue weighted by Crippen LogP contribution is 1.98. The Balaban J connectivity index is 3.89. The second-order valence-corrected chi connectivity index (χ2v) is 2.44. The summed E-state index contributed by atoms with van der Waals surface area (Å²) in [6.07, 6.45) is 0.0995. The SMILES string of the molecule is CCC(C)OC(=O)N=C(C)OC. The molecule has 1 unspecified atom stereocenters. The third-order valence-electron chi connectivity index (χ3n) is 1.42. The molecule has 0 N–H and O–H groups in total. The molecule has 0 fully saturated rings. The molecular formula is C8H15NO3. The van der Waals surface area contributed by atoms with Gasteiger partial charge in [0.25, 0.3) is 0 Å². The number of aliphatic imine (C=N–C) groups is 1. The normalized spacial score (nSPS) is 13.8. The largest absolute Gasteiger partial charge is 0.484 e. The Labute approximate surface area is 72.6 Å². The van der Waals surface area contributed by atoms with Gasteiger partial charge >= 0.3 is 6.09 Å². The van der Waals surface area contributed by atoms with Crippen LogP contribution in [0.3, 0.4) is 0 Å². The predicted octanol–water partition coefficient (Wildman–Crippen LogP) is 1.99. The van der Waals surface area contributed by atoms with Crippen LogP contribution in [0.2, 0.25) is 0 Å². The van der Waals surface area contributed by atoms with Crippen molar-refractivity contribution < 1.29 is 14.3 Å². The number of carbonyl (C=O) groups is 1. The lowest BCUT2D eigenvalue weighted by atomic mass is 10.3. The minimum absolute atomic E-state index is 0.0918. The second kappa shape index (κ2) is 5.57. The van der Waals surface area contributed by atoms with E-state index in [1.54, 1.807) is 6.92 Å². The summed E-state index contributed by atoms with van der Waals surface area (Å²) in [5.74, 6) is 0.309. The first-order valence-corrected chi connectivity index (χ1v) is 3.90. The summed E-state index contributed by atoms with van der Waals surface area (Å²) in [6.45, 7) is 5.35. The van der Waals surface area contributed by atoms with Gasteiger partial charge in [0.15, 0.2) is 5.90 Å². The summed E-state index contributed by atoms with van der Waals surface area (Å²) in [5.41, 5.74) is 0. The lowest BCUT2D eigenvalue weighted by Gasteiger charge is -2.07. The molecule has 0 saturated heterocycles. The van der Waals surface area contributed by atoms with Crippen molar-refractivity contribution in [1.82, 2.24) is 0 Å². The first-order chi connectivity index (χ1) is 5.60. The van der Waals surface area contributed by atoms with Crippen molar-refractivity contribution in [2.45, 2.75) is 33.3 Å². The van der Waals surface area contributed by atoms with E-state index in [4.69, 9.17) is 4.74 Å². The zero-order valence-corrected chi connectivity index (χ0v) is 7.96. The molecule has 4 heteroatoms. The predicted molar refractivity (Wildman–Crippen MR) is 46.4 cm³/mol. The Morgan fingerprint density at radius 1 is 1.58 bits per heavy atom. The molecule has 1 atom stereocenters. The van der Waals surface area contributed by atoms with E-state index in [0.29, 0.717) is 5.90 Å². The van der Waals surface area contributed by atoms with Crippen molar-refractivity contribution in [1.29, 1.82) is 0 Å². The number of hydrogen-bond acceptors (Lipinski definition) is 3. The summed E-state index contributed by atoms with van der Waals surface area (Å²) in [7, 11) is 1.45. The maximum absolute atomic E-state index is 10.9. The van der Waals surface area contributed by atoms with Gasteiger partial charge in [-0.3, -0.25) is 0 Å². The number of methoxy groups -OCH3 is 1. The number of hydrogen-bond donors (Lipinski definition) is 0. The summed E-state index contributed by atoms with van der Waals surface area (Å²) >= 11 is 0. The molecular weight excluding hydrogens is 158 g/mol. The molecule has 0 rings (SSSR count). The highest BCUT2D eigenvalue weighted by molar-refractivity contribution is 5.86. The monoisotopic (exact) mass is 173 g/mol. The van der Waals surface area contributed by atoms with Crippen molar-refractivity contribution in [2.24, 2.45) is 4.99 Å². The lowest BCUT2D eigenvalue weighted by molar-refractivity contribution is 0.114. The van der Waals surface area contributed by atoms with Crippen LogP contribution in [0.15, 0.2) is 4.99 Å². The van der Waals surface area contributed by atoms with E-state index in [2.05, 4.69) is 9.73 Å². The lowest BCUT2D eigenvalue weighted by Crippen LogP contribution is -2.12. The highest BCUT2D eigenvalue weighted by atomic mass is 16.6. The standard InChI is InChI=1S/C8H15NO3/c1-5-6(2)12-8(10)9-7(3)11-4/h6H,5H2,1-4H3. The topological polar surface area (TPSA) is 47.9 Å². The van der Waals surface area contributed by atoms with E-state index in [1.165, 1.54) is 7.11 Å². The minimum atomic E-state index is -0.594. The molecule has 0 saturated carbocycles. The molecule has 1 amide bonds. The molecule has 0 aliphatic carbocycles. The zero-order valence-electron chi connectivity index (χ0n) is 7.96. The Morgan fingerprint density at radius 2 is 2.17 bits per heavy atom. The third kappa shape index (κ3) is 4.71. The van der Waals surface area contributed by atoms with Crippen LogP contribution in [-0.4, -0.2) is 25.2 Å². The van der Waals surface area contributed by atoms with Crippen LogP contribution in [0.4, 0.5) is 4.79 Å². The van der Waals surface area contributed by atoms with Crippen molar-refractivity contribution in [3.05, 3.63) is 0 Å². The van der Waals surface area contributed by atoms with Crippen LogP contribution < -0.4 is 0 Å². The average molecular weight is 173 g/mol. The first-order valence-electron chi connectivity index (χ1n) is 3.90. The quantitative estimate of drug-likeness (QED) is 0.474. The van der Waals surface area contributed by atoms with Crippen LogP contribution >= 0.6 is 0 Å². The minimum Gasteiger partial charge on any atom is -0.484 e. The van der Waals surface area contributed by atoms with E-state index < -0.39 is 6.09 Å². The van der Waals surface area contributed by atoms with Gasteiger partial charge in [-0.1, -0.05) is 6.92 Å². The average Bonchev–Trinajstić information content (AvgIpc) is 2.03. The van der Waals surface area contributed by atoms with Crippen molar-refractivity contribution in [2.75, 3.05) is 7.11 Å². The second-order valence-electron chi connectivity index (χ2n) is 2.44. The van der Waals surface area contributed by atoms with E-state index in [-0.39, 0.29) is 6.10 Å². The van der Waals surface area contributed by atoms with Crippen molar-refractivity contribution in [3.63, 3.8) is 0 Å². The number of carbonyl (C=O) groups excluding carboxylic acids is 1. The fourth-order valence-electron chi connectivity index (χ4n) is 0.456. The number of ether oxygens (including phenoxy) is 2. The van der Waals surface area contributed by atoms with Crippen LogP contribution in [0.5, 0.6) is 0 Å². The van der Waals surface area contributed by atoms with Gasteiger partial charge in [-0.25, -0.2) is 4.79 Å². The van der Waals surface area contributed by atoms with Gasteiger partial charge in [0, 0.05) is 6.92 Å². The van der Waals surface area contributed by atoms with Crippen molar-refractivity contribution >= 4 is 12.0 Å². The Morgan fingerprint density at radius 3 is 2.58 bits per heavy atom. The molecule has 0 aromatic heterocycles. The molecule has 0 aromatic rings. The van der Waals surface area contributed by atoms with Gasteiger partial charge < -0.3 is 9.47 Å². The molecule has 0 aliphatic heterocycles. The van der Waals surface area contributed by atoms with Gasteiger partial charge in [0.1, 0.15) is 6.10 Å². The van der Waals surface area contributed by atoms with Gasteiger partial charge in [-0.2, -0.15) is 0 Å². The Kier molecular flexibility index (Phi) is 5.08. The zero-order chi connectivity index (χ0) is 9.56. The highest BCUT2D eigenvalue weighted by Gasteiger charge is 2.05. The summed E-state index contributed by atoms with van der Waals surface area (Å²) in [6, 6.07) is 0. The molecule has 0 aliphatic rings. The molecule has 0 bridgehead atoms. The van der Waals surface area contributed by atoms with E-state index in [1.807, 2.05) is 13.8 Å². The van der Waals surface area contributed by atoms with Crippen molar-refractivity contribution in [3.8, 4) is 0 Å². The Hall–Kier alpha value is -1.06. The summed E-state index contributed by atoms with van der Waals surface area (Å²) in [4.78, 5) is 14.4. The number of nitrogens with zero attached hydrogens (tertiary/aromatic N) is 1. The van der Waals surface area contributed by atoms with Gasteiger partial charge in [0.05, 0.1) is 7.11 Å². The fraction of sp³-hybridized carbons (Fsp3) is 0.750.